The zero-order valence-corrected chi connectivity index (χ0v) is 7.72. The quantitative estimate of drug-likeness (QED) is 0.661. The highest BCUT2D eigenvalue weighted by Gasteiger charge is 2.06. The highest BCUT2D eigenvalue weighted by molar-refractivity contribution is 6.05. The van der Waals surface area contributed by atoms with Crippen molar-refractivity contribution in [2.45, 2.75) is 13.8 Å². The monoisotopic (exact) mass is 173 g/mol. The number of Topliss-reactive ketones (excluding diaryl/α,β-unsaturated/α-hetero) is 1. The lowest BCUT2D eigenvalue weighted by atomic mass is 10.1. The van der Waals surface area contributed by atoms with Crippen LogP contribution in [0.25, 0.3) is 10.9 Å². The van der Waals surface area contributed by atoms with Crippen LogP contribution in [0.3, 0.4) is 0 Å². The van der Waals surface area contributed by atoms with Crippen LogP contribution in [0.5, 0.6) is 0 Å². The minimum Gasteiger partial charge on any atom is -0.358 e. The molecule has 2 heteroatoms. The largest absolute Gasteiger partial charge is 0.358 e. The second-order valence-corrected chi connectivity index (χ2v) is 3.28. The summed E-state index contributed by atoms with van der Waals surface area (Å²) in [5.41, 5.74) is 2.81. The maximum absolute atomic E-state index is 11.2. The van der Waals surface area contributed by atoms with Crippen LogP contribution in [0.15, 0.2) is 24.3 Å². The molecule has 13 heavy (non-hydrogen) atoms. The van der Waals surface area contributed by atoms with Gasteiger partial charge in [0.25, 0.3) is 0 Å². The summed E-state index contributed by atoms with van der Waals surface area (Å²) < 4.78 is 0. The van der Waals surface area contributed by atoms with E-state index in [1.54, 1.807) is 6.92 Å². The molecule has 0 fully saturated rings. The summed E-state index contributed by atoms with van der Waals surface area (Å²) in [6, 6.07) is 7.81. The van der Waals surface area contributed by atoms with Crippen LogP contribution in [0.1, 0.15) is 23.0 Å². The van der Waals surface area contributed by atoms with E-state index in [4.69, 9.17) is 0 Å². The van der Waals surface area contributed by atoms with Crippen LogP contribution in [0.2, 0.25) is 0 Å². The first kappa shape index (κ1) is 8.05. The molecule has 2 nitrogen and oxygen atoms in total. The smallest absolute Gasteiger partial charge is 0.161 e. The average Bonchev–Trinajstić information content (AvgIpc) is 2.43. The number of hydrogen-bond acceptors (Lipinski definition) is 1. The van der Waals surface area contributed by atoms with Gasteiger partial charge in [-0.2, -0.15) is 0 Å². The Labute approximate surface area is 76.6 Å². The molecule has 1 N–H and O–H groups in total. The molecule has 0 amide bonds. The number of nitrogens with one attached hydrogen (secondary N) is 1. The Bertz CT molecular complexity index is 468. The fraction of sp³-hybridized carbons (Fsp3) is 0.182. The van der Waals surface area contributed by atoms with E-state index in [1.807, 2.05) is 31.2 Å². The minimum atomic E-state index is 0.104. The van der Waals surface area contributed by atoms with Gasteiger partial charge in [0.2, 0.25) is 0 Å². The third-order valence-electron chi connectivity index (χ3n) is 2.17. The molecule has 0 spiro atoms. The van der Waals surface area contributed by atoms with Gasteiger partial charge in [0, 0.05) is 16.6 Å². The second kappa shape index (κ2) is 2.73. The van der Waals surface area contributed by atoms with Crippen molar-refractivity contribution in [2.24, 2.45) is 0 Å². The Hall–Kier alpha value is -1.57. The molecule has 0 atom stereocenters. The Kier molecular flexibility index (Phi) is 1.69. The molecule has 0 aliphatic rings. The first-order valence-electron chi connectivity index (χ1n) is 4.28. The summed E-state index contributed by atoms with van der Waals surface area (Å²) in [6.07, 6.45) is 0. The molecular formula is C11H11NO. The summed E-state index contributed by atoms with van der Waals surface area (Å²) in [7, 11) is 0. The molecule has 0 unspecified atom stereocenters. The zero-order valence-electron chi connectivity index (χ0n) is 7.72. The van der Waals surface area contributed by atoms with E-state index in [0.717, 1.165) is 22.2 Å². The second-order valence-electron chi connectivity index (χ2n) is 3.28. The van der Waals surface area contributed by atoms with Gasteiger partial charge < -0.3 is 4.98 Å². The zero-order chi connectivity index (χ0) is 9.42. The van der Waals surface area contributed by atoms with Crippen LogP contribution in [-0.2, 0) is 0 Å². The van der Waals surface area contributed by atoms with Gasteiger partial charge in [0.15, 0.2) is 5.78 Å². The lowest BCUT2D eigenvalue weighted by Gasteiger charge is -1.96. The number of fused-ring (bicyclic) bond motifs is 1. The molecule has 2 aromatic rings. The van der Waals surface area contributed by atoms with E-state index < -0.39 is 0 Å². The molecule has 0 radical (unpaired) electrons. The number of aromatic amines is 1. The van der Waals surface area contributed by atoms with Crippen molar-refractivity contribution in [2.75, 3.05) is 0 Å². The van der Waals surface area contributed by atoms with Gasteiger partial charge in [-0.25, -0.2) is 0 Å². The molecule has 0 aliphatic carbocycles. The van der Waals surface area contributed by atoms with Crippen molar-refractivity contribution in [3.63, 3.8) is 0 Å². The maximum Gasteiger partial charge on any atom is 0.161 e. The fourth-order valence-electron chi connectivity index (χ4n) is 1.59. The number of rotatable bonds is 1. The van der Waals surface area contributed by atoms with Crippen molar-refractivity contribution in [1.82, 2.24) is 4.98 Å². The number of benzene rings is 1. The normalized spacial score (nSPS) is 10.6. The van der Waals surface area contributed by atoms with Gasteiger partial charge in [0.05, 0.1) is 5.52 Å². The molecule has 66 valence electrons. The van der Waals surface area contributed by atoms with Crippen LogP contribution in [0, 0.1) is 6.92 Å². The van der Waals surface area contributed by atoms with Crippen molar-refractivity contribution < 1.29 is 4.79 Å². The third-order valence-corrected chi connectivity index (χ3v) is 2.17. The van der Waals surface area contributed by atoms with Crippen molar-refractivity contribution in [1.29, 1.82) is 0 Å². The number of ketones is 1. The number of aromatic nitrogens is 1. The van der Waals surface area contributed by atoms with E-state index in [-0.39, 0.29) is 5.78 Å². The summed E-state index contributed by atoms with van der Waals surface area (Å²) in [5, 5.41) is 1.10. The summed E-state index contributed by atoms with van der Waals surface area (Å²) >= 11 is 0. The maximum atomic E-state index is 11.2. The first-order chi connectivity index (χ1) is 6.18. The Balaban J connectivity index is 2.82. The predicted molar refractivity (Wildman–Crippen MR) is 53.0 cm³/mol. The summed E-state index contributed by atoms with van der Waals surface area (Å²) in [4.78, 5) is 14.4. The highest BCUT2D eigenvalue weighted by Crippen LogP contribution is 2.19. The SMILES string of the molecule is CC(=O)c1cccc2cc(C)[nH]c12. The molecular weight excluding hydrogens is 162 g/mol. The van der Waals surface area contributed by atoms with Crippen LogP contribution in [-0.4, -0.2) is 10.8 Å². The minimum absolute atomic E-state index is 0.104. The van der Waals surface area contributed by atoms with Crippen LogP contribution >= 0.6 is 0 Å². The lowest BCUT2D eigenvalue weighted by molar-refractivity contribution is 0.101. The van der Waals surface area contributed by atoms with Crippen molar-refractivity contribution in [3.05, 3.63) is 35.5 Å². The van der Waals surface area contributed by atoms with Gasteiger partial charge in [-0.15, -0.1) is 0 Å². The topological polar surface area (TPSA) is 32.9 Å². The molecule has 0 aliphatic heterocycles. The third kappa shape index (κ3) is 1.24. The molecule has 1 aromatic heterocycles. The Morgan fingerprint density at radius 3 is 2.85 bits per heavy atom. The predicted octanol–water partition coefficient (Wildman–Crippen LogP) is 2.68. The number of para-hydroxylation sites is 1. The molecule has 1 aromatic carbocycles. The van der Waals surface area contributed by atoms with E-state index >= 15 is 0 Å². The number of carbonyl (C=O) groups excluding carboxylic acids is 1. The van der Waals surface area contributed by atoms with Gasteiger partial charge in [-0.05, 0) is 26.0 Å². The van der Waals surface area contributed by atoms with Gasteiger partial charge in [-0.3, -0.25) is 4.79 Å². The molecule has 2 rings (SSSR count). The molecule has 0 saturated heterocycles. The number of aryl methyl sites for hydroxylation is 1. The Morgan fingerprint density at radius 1 is 1.38 bits per heavy atom. The van der Waals surface area contributed by atoms with Crippen LogP contribution < -0.4 is 0 Å². The standard InChI is InChI=1S/C11H11NO/c1-7-6-9-4-3-5-10(8(2)13)11(9)12-7/h3-6,12H,1-2H3. The van der Waals surface area contributed by atoms with Gasteiger partial charge >= 0.3 is 0 Å². The number of H-pyrrole nitrogens is 1. The van der Waals surface area contributed by atoms with E-state index in [1.165, 1.54) is 0 Å². The van der Waals surface area contributed by atoms with E-state index in [9.17, 15) is 4.79 Å². The highest BCUT2D eigenvalue weighted by atomic mass is 16.1. The van der Waals surface area contributed by atoms with E-state index in [2.05, 4.69) is 4.98 Å². The molecule has 0 bridgehead atoms. The van der Waals surface area contributed by atoms with Gasteiger partial charge in [-0.1, -0.05) is 12.1 Å². The fourth-order valence-corrected chi connectivity index (χ4v) is 1.59. The number of carbonyl (C=O) groups is 1. The molecule has 0 saturated carbocycles. The average molecular weight is 173 g/mol. The molecule has 1 heterocycles. The van der Waals surface area contributed by atoms with Crippen molar-refractivity contribution in [3.8, 4) is 0 Å². The number of hydrogen-bond donors (Lipinski definition) is 1. The van der Waals surface area contributed by atoms with Crippen molar-refractivity contribution >= 4 is 16.7 Å². The van der Waals surface area contributed by atoms with E-state index in [0.29, 0.717) is 0 Å². The summed E-state index contributed by atoms with van der Waals surface area (Å²) in [6.45, 7) is 3.58. The Morgan fingerprint density at radius 2 is 2.15 bits per heavy atom. The summed E-state index contributed by atoms with van der Waals surface area (Å²) in [5.74, 6) is 0.104. The first-order valence-corrected chi connectivity index (χ1v) is 4.28. The van der Waals surface area contributed by atoms with Gasteiger partial charge in [0.1, 0.15) is 0 Å². The van der Waals surface area contributed by atoms with Crippen LogP contribution in [0.4, 0.5) is 0 Å². The lowest BCUT2D eigenvalue weighted by Crippen LogP contribution is -1.92.